The summed E-state index contributed by atoms with van der Waals surface area (Å²) in [5.74, 6) is -0.152. The molecule has 2 rings (SSSR count). The van der Waals surface area contributed by atoms with Gasteiger partial charge in [-0.3, -0.25) is 4.79 Å². The molecule has 0 aliphatic rings. The number of anilines is 1. The van der Waals surface area contributed by atoms with Crippen LogP contribution < -0.4 is 5.32 Å². The van der Waals surface area contributed by atoms with E-state index in [1.807, 2.05) is 6.07 Å². The van der Waals surface area contributed by atoms with E-state index in [4.69, 9.17) is 21.3 Å². The number of rotatable bonds is 2. The molecule has 1 heterocycles. The first-order valence-electron chi connectivity index (χ1n) is 4.75. The van der Waals surface area contributed by atoms with Crippen molar-refractivity contribution >= 4 is 23.2 Å². The Kier molecular flexibility index (Phi) is 3.12. The van der Waals surface area contributed by atoms with E-state index in [0.29, 0.717) is 16.3 Å². The summed E-state index contributed by atoms with van der Waals surface area (Å²) in [6, 6.07) is 9.78. The number of amides is 1. The molecule has 0 saturated carbocycles. The van der Waals surface area contributed by atoms with E-state index >= 15 is 0 Å². The molecule has 0 aliphatic heterocycles. The fraction of sp³-hybridized carbons (Fsp3) is 0. The molecule has 0 fully saturated rings. The highest BCUT2D eigenvalue weighted by Gasteiger charge is 2.09. The molecule has 17 heavy (non-hydrogen) atoms. The van der Waals surface area contributed by atoms with E-state index in [0.717, 1.165) is 0 Å². The topological polar surface area (TPSA) is 66.0 Å². The fourth-order valence-electron chi connectivity index (χ4n) is 1.28. The number of carbonyl (C=O) groups excluding carboxylic acids is 1. The van der Waals surface area contributed by atoms with E-state index < -0.39 is 0 Å². The Labute approximate surface area is 102 Å². The largest absolute Gasteiger partial charge is 0.459 e. The molecule has 0 aliphatic carbocycles. The van der Waals surface area contributed by atoms with E-state index in [1.165, 1.54) is 12.3 Å². The van der Waals surface area contributed by atoms with Crippen molar-refractivity contribution in [3.05, 3.63) is 52.9 Å². The van der Waals surface area contributed by atoms with E-state index in [1.54, 1.807) is 24.3 Å². The predicted octanol–water partition coefficient (Wildman–Crippen LogP) is 3.06. The number of hydrogen-bond acceptors (Lipinski definition) is 3. The third-order valence-electron chi connectivity index (χ3n) is 2.09. The molecule has 0 bridgehead atoms. The Balaban J connectivity index is 2.18. The van der Waals surface area contributed by atoms with Gasteiger partial charge in [0.25, 0.3) is 5.91 Å². The highest BCUT2D eigenvalue weighted by atomic mass is 35.5. The maximum absolute atomic E-state index is 11.6. The summed E-state index contributed by atoms with van der Waals surface area (Å²) in [7, 11) is 0. The average molecular weight is 247 g/mol. The van der Waals surface area contributed by atoms with Crippen LogP contribution in [0.3, 0.4) is 0 Å². The zero-order valence-electron chi connectivity index (χ0n) is 8.61. The minimum Gasteiger partial charge on any atom is -0.459 e. The predicted molar refractivity (Wildman–Crippen MR) is 62.8 cm³/mol. The second-order valence-corrected chi connectivity index (χ2v) is 3.65. The summed E-state index contributed by atoms with van der Waals surface area (Å²) in [6.45, 7) is 0. The lowest BCUT2D eigenvalue weighted by molar-refractivity contribution is 0.0996. The van der Waals surface area contributed by atoms with Gasteiger partial charge in [-0.15, -0.1) is 0 Å². The van der Waals surface area contributed by atoms with Crippen LogP contribution in [0.4, 0.5) is 5.69 Å². The fourth-order valence-corrected chi connectivity index (χ4v) is 1.51. The van der Waals surface area contributed by atoms with Crippen molar-refractivity contribution in [2.75, 3.05) is 5.32 Å². The van der Waals surface area contributed by atoms with Crippen LogP contribution in [0, 0.1) is 11.3 Å². The van der Waals surface area contributed by atoms with Gasteiger partial charge in [0.15, 0.2) is 5.76 Å². The molecule has 1 amide bonds. The van der Waals surface area contributed by atoms with Gasteiger partial charge >= 0.3 is 0 Å². The number of nitrogens with one attached hydrogen (secondary N) is 1. The molecule has 0 radical (unpaired) electrons. The van der Waals surface area contributed by atoms with Crippen molar-refractivity contribution in [3.8, 4) is 6.07 Å². The summed E-state index contributed by atoms with van der Waals surface area (Å²) in [5, 5.41) is 11.6. The second kappa shape index (κ2) is 4.73. The molecule has 0 spiro atoms. The van der Waals surface area contributed by atoms with Crippen molar-refractivity contribution in [2.45, 2.75) is 0 Å². The quantitative estimate of drug-likeness (QED) is 0.886. The van der Waals surface area contributed by atoms with Crippen LogP contribution in [0.2, 0.25) is 5.02 Å². The molecule has 84 valence electrons. The van der Waals surface area contributed by atoms with Gasteiger partial charge in [-0.2, -0.15) is 5.26 Å². The number of carbonyl (C=O) groups is 1. The van der Waals surface area contributed by atoms with E-state index in [9.17, 15) is 4.79 Å². The lowest BCUT2D eigenvalue weighted by atomic mass is 10.2. The first-order chi connectivity index (χ1) is 8.20. The molecule has 0 atom stereocenters. The third kappa shape index (κ3) is 2.47. The summed E-state index contributed by atoms with van der Waals surface area (Å²) < 4.78 is 4.95. The number of furan rings is 1. The lowest BCUT2D eigenvalue weighted by Gasteiger charge is -2.04. The van der Waals surface area contributed by atoms with Crippen LogP contribution in [0.25, 0.3) is 0 Å². The summed E-state index contributed by atoms with van der Waals surface area (Å²) >= 11 is 5.84. The molecule has 1 aromatic heterocycles. The number of nitriles is 1. The van der Waals surface area contributed by atoms with Crippen molar-refractivity contribution in [2.24, 2.45) is 0 Å². The van der Waals surface area contributed by atoms with Gasteiger partial charge in [0.1, 0.15) is 6.07 Å². The van der Waals surface area contributed by atoms with Crippen LogP contribution in [0.15, 0.2) is 41.0 Å². The maximum atomic E-state index is 11.6. The van der Waals surface area contributed by atoms with Crippen LogP contribution >= 0.6 is 11.6 Å². The van der Waals surface area contributed by atoms with Crippen LogP contribution in [0.1, 0.15) is 16.1 Å². The Hall–Kier alpha value is -2.25. The number of halogens is 1. The zero-order chi connectivity index (χ0) is 12.3. The summed E-state index contributed by atoms with van der Waals surface area (Å²) in [4.78, 5) is 11.6. The first kappa shape index (κ1) is 11.2. The van der Waals surface area contributed by atoms with Crippen molar-refractivity contribution < 1.29 is 9.21 Å². The highest BCUT2D eigenvalue weighted by molar-refractivity contribution is 6.32. The van der Waals surface area contributed by atoms with Crippen molar-refractivity contribution in [1.29, 1.82) is 5.26 Å². The molecule has 4 nitrogen and oxygen atoms in total. The Morgan fingerprint density at radius 3 is 2.82 bits per heavy atom. The van der Waals surface area contributed by atoms with Gasteiger partial charge in [0, 0.05) is 5.69 Å². The number of nitrogens with zero attached hydrogens (tertiary/aromatic N) is 1. The van der Waals surface area contributed by atoms with Crippen LogP contribution in [-0.2, 0) is 0 Å². The molecule has 0 saturated heterocycles. The average Bonchev–Trinajstić information content (AvgIpc) is 2.82. The highest BCUT2D eigenvalue weighted by Crippen LogP contribution is 2.20. The smallest absolute Gasteiger partial charge is 0.291 e. The number of hydrogen-bond donors (Lipinski definition) is 1. The standard InChI is InChI=1S/C12H7ClN2O2/c13-10-6-9(4-3-8(10)7-14)15-12(16)11-2-1-5-17-11/h1-6H,(H,15,16). The molecule has 0 unspecified atom stereocenters. The van der Waals surface area contributed by atoms with Gasteiger partial charge in [0.05, 0.1) is 16.8 Å². The summed E-state index contributed by atoms with van der Waals surface area (Å²) in [5.41, 5.74) is 0.873. The van der Waals surface area contributed by atoms with Gasteiger partial charge in [-0.05, 0) is 30.3 Å². The normalized spacial score (nSPS) is 9.65. The second-order valence-electron chi connectivity index (χ2n) is 3.24. The first-order valence-corrected chi connectivity index (χ1v) is 5.13. The SMILES string of the molecule is N#Cc1ccc(NC(=O)c2ccco2)cc1Cl. The Morgan fingerprint density at radius 2 is 2.24 bits per heavy atom. The monoisotopic (exact) mass is 246 g/mol. The van der Waals surface area contributed by atoms with Crippen LogP contribution in [0.5, 0.6) is 0 Å². The molecular formula is C12H7ClN2O2. The lowest BCUT2D eigenvalue weighted by Crippen LogP contribution is -2.10. The summed E-state index contributed by atoms with van der Waals surface area (Å²) in [6.07, 6.45) is 1.42. The van der Waals surface area contributed by atoms with E-state index in [2.05, 4.69) is 5.32 Å². The molecule has 1 N–H and O–H groups in total. The Bertz CT molecular complexity index is 585. The van der Waals surface area contributed by atoms with Gasteiger partial charge in [-0.1, -0.05) is 11.6 Å². The molecule has 1 aromatic carbocycles. The zero-order valence-corrected chi connectivity index (χ0v) is 9.36. The van der Waals surface area contributed by atoms with Gasteiger partial charge in [-0.25, -0.2) is 0 Å². The van der Waals surface area contributed by atoms with Crippen LogP contribution in [-0.4, -0.2) is 5.91 Å². The van der Waals surface area contributed by atoms with E-state index in [-0.39, 0.29) is 11.7 Å². The molecule has 2 aromatic rings. The Morgan fingerprint density at radius 1 is 1.41 bits per heavy atom. The molecule has 5 heteroatoms. The minimum absolute atomic E-state index is 0.213. The van der Waals surface area contributed by atoms with Gasteiger partial charge in [0.2, 0.25) is 0 Å². The third-order valence-corrected chi connectivity index (χ3v) is 2.41. The maximum Gasteiger partial charge on any atom is 0.291 e. The molecular weight excluding hydrogens is 240 g/mol. The minimum atomic E-state index is -0.365. The van der Waals surface area contributed by atoms with Gasteiger partial charge < -0.3 is 9.73 Å². The number of benzene rings is 1. The van der Waals surface area contributed by atoms with Crippen molar-refractivity contribution in [1.82, 2.24) is 0 Å². The van der Waals surface area contributed by atoms with Crippen molar-refractivity contribution in [3.63, 3.8) is 0 Å².